The van der Waals surface area contributed by atoms with Crippen LogP contribution in [0.15, 0.2) is 36.9 Å². The molecule has 0 aliphatic carbocycles. The monoisotopic (exact) mass is 731 g/mol. The van der Waals surface area contributed by atoms with Gasteiger partial charge in [0.2, 0.25) is 11.6 Å². The Morgan fingerprint density at radius 1 is 0.646 bits per heavy atom. The molecule has 0 amide bonds. The molecule has 0 aromatic carbocycles. The predicted molar refractivity (Wildman–Crippen MR) is 173 cm³/mol. The molecule has 0 saturated heterocycles. The Bertz CT molecular complexity index is 1860. The zero-order valence-electron chi connectivity index (χ0n) is 28.0. The minimum atomic E-state index is -0.328. The molecule has 251 valence electrons. The third kappa shape index (κ3) is 9.97. The predicted octanol–water partition coefficient (Wildman–Crippen LogP) is 2.19. The largest absolute Gasteiger partial charge is 0.425 e. The van der Waals surface area contributed by atoms with Crippen molar-refractivity contribution in [3.05, 3.63) is 89.4 Å². The van der Waals surface area contributed by atoms with Crippen LogP contribution in [0.25, 0.3) is 0 Å². The Morgan fingerprint density at radius 2 is 1.12 bits per heavy atom. The van der Waals surface area contributed by atoms with Crippen LogP contribution in [-0.2, 0) is 96.2 Å². The van der Waals surface area contributed by atoms with Gasteiger partial charge < -0.3 is 28.4 Å². The van der Waals surface area contributed by atoms with E-state index in [0.717, 1.165) is 0 Å². The first-order valence-electron chi connectivity index (χ1n) is 15.2. The molecule has 1 radical (unpaired) electrons. The second kappa shape index (κ2) is 16.9. The normalized spacial score (nSPS) is 10.9. The minimum absolute atomic E-state index is 0. The van der Waals surface area contributed by atoms with Gasteiger partial charge in [-0.15, -0.1) is 6.07 Å². The molecule has 0 fully saturated rings. The van der Waals surface area contributed by atoms with Crippen LogP contribution < -0.4 is 5.32 Å². The number of rotatable bonds is 18. The molecule has 0 aliphatic heterocycles. The number of hydrogen-bond acceptors (Lipinski definition) is 9. The Labute approximate surface area is 304 Å². The number of aryl methyl sites for hydroxylation is 4. The summed E-state index contributed by atoms with van der Waals surface area (Å²) in [5.41, 5.74) is 3.09. The van der Waals surface area contributed by atoms with E-state index in [1.54, 1.807) is 83.4 Å². The Hall–Kier alpha value is -4.07. The van der Waals surface area contributed by atoms with E-state index in [-0.39, 0.29) is 111 Å². The summed E-state index contributed by atoms with van der Waals surface area (Å²) in [4.78, 5) is 83.2. The molecule has 14 heteroatoms. The smallest absolute Gasteiger partial charge is 0.204 e. The van der Waals surface area contributed by atoms with Crippen LogP contribution >= 0.6 is 0 Å². The van der Waals surface area contributed by atoms with Crippen LogP contribution in [0.4, 0.5) is 0 Å². The van der Waals surface area contributed by atoms with Gasteiger partial charge in [0.05, 0.1) is 29.9 Å². The van der Waals surface area contributed by atoms with Crippen LogP contribution in [0.3, 0.4) is 0 Å². The second-order valence-corrected chi connectivity index (χ2v) is 11.9. The number of nitrogens with one attached hydrogen (secondary N) is 1. The van der Waals surface area contributed by atoms with Crippen LogP contribution in [0.2, 0.25) is 0 Å². The third-order valence-corrected chi connectivity index (χ3v) is 7.73. The molecule has 0 bridgehead atoms. The maximum atomic E-state index is 13.2. The van der Waals surface area contributed by atoms with Gasteiger partial charge in [0.1, 0.15) is 11.6 Å². The maximum Gasteiger partial charge on any atom is 0.204 e. The van der Waals surface area contributed by atoms with Gasteiger partial charge in [-0.1, -0.05) is 5.69 Å². The van der Waals surface area contributed by atoms with Crippen LogP contribution in [0.1, 0.15) is 84.5 Å². The van der Waals surface area contributed by atoms with Gasteiger partial charge in [0.15, 0.2) is 17.4 Å². The van der Waals surface area contributed by atoms with Crippen LogP contribution in [0.5, 0.6) is 0 Å². The average Bonchev–Trinajstić information content (AvgIpc) is 3.73. The summed E-state index contributed by atoms with van der Waals surface area (Å²) in [6, 6.07) is 3.33. The molecular weight excluding hydrogens is 691 g/mol. The van der Waals surface area contributed by atoms with E-state index >= 15 is 0 Å². The fourth-order valence-electron chi connectivity index (χ4n) is 5.45. The maximum absolute atomic E-state index is 13.2. The molecule has 4 rings (SSSR count). The summed E-state index contributed by atoms with van der Waals surface area (Å²) >= 11 is 0. The van der Waals surface area contributed by atoms with E-state index in [2.05, 4.69) is 22.2 Å². The van der Waals surface area contributed by atoms with E-state index in [0.29, 0.717) is 53.4 Å². The van der Waals surface area contributed by atoms with Crippen molar-refractivity contribution in [3.63, 3.8) is 0 Å². The molecule has 4 aromatic heterocycles. The first-order valence-corrected chi connectivity index (χ1v) is 15.2. The van der Waals surface area contributed by atoms with Gasteiger partial charge in [-0.25, -0.2) is 9.97 Å². The van der Waals surface area contributed by atoms with Crippen molar-refractivity contribution in [2.75, 3.05) is 13.1 Å². The third-order valence-electron chi connectivity index (χ3n) is 7.73. The van der Waals surface area contributed by atoms with Crippen molar-refractivity contribution < 1.29 is 61.5 Å². The van der Waals surface area contributed by atoms with Gasteiger partial charge in [-0.05, 0) is 37.4 Å². The van der Waals surface area contributed by atoms with E-state index < -0.39 is 0 Å². The van der Waals surface area contributed by atoms with Gasteiger partial charge in [0, 0.05) is 117 Å². The van der Waals surface area contributed by atoms with Gasteiger partial charge in [0.25, 0.3) is 0 Å². The van der Waals surface area contributed by atoms with E-state index in [1.165, 1.54) is 6.92 Å². The number of imidazole rings is 2. The second-order valence-electron chi connectivity index (χ2n) is 11.9. The van der Waals surface area contributed by atoms with Crippen molar-refractivity contribution in [3.8, 4) is 0 Å². The number of carbonyl (C=O) groups excluding carboxylic acids is 6. The number of aromatic nitrogens is 6. The molecule has 13 nitrogen and oxygen atoms in total. The summed E-state index contributed by atoms with van der Waals surface area (Å²) in [6.45, 7) is 5.94. The summed E-state index contributed by atoms with van der Waals surface area (Å²) in [5, 5.41) is 3.06. The van der Waals surface area contributed by atoms with Crippen molar-refractivity contribution in [2.45, 2.75) is 45.4 Å². The number of hydrogen-bond donors (Lipinski definition) is 1. The van der Waals surface area contributed by atoms with E-state index in [4.69, 9.17) is 0 Å². The SMILES string of the molecule is [CH2-]C(=O)c1cc(CC(=O)c2cc(CC(=O)c3nc(CC(=O)c4nc(CC(=O)CCNCCC(C)=O)cn4C)cn3C)cn2C)cn1C.[Y]. The molecule has 1 N–H and O–H groups in total. The molecule has 4 heterocycles. The molecule has 0 aliphatic rings. The molecule has 48 heavy (non-hydrogen) atoms. The van der Waals surface area contributed by atoms with Crippen molar-refractivity contribution in [1.29, 1.82) is 0 Å². The molecule has 0 atom stereocenters. The van der Waals surface area contributed by atoms with Crippen LogP contribution in [0, 0.1) is 6.92 Å². The number of nitrogens with zero attached hydrogens (tertiary/aromatic N) is 6. The van der Waals surface area contributed by atoms with Crippen molar-refractivity contribution in [2.24, 2.45) is 28.2 Å². The number of Topliss-reactive ketones (excluding diaryl/α,β-unsaturated/α-hetero) is 6. The zero-order chi connectivity index (χ0) is 34.4. The van der Waals surface area contributed by atoms with Gasteiger partial charge in [-0.2, -0.15) is 6.92 Å². The summed E-state index contributed by atoms with van der Waals surface area (Å²) < 4.78 is 6.47. The van der Waals surface area contributed by atoms with Crippen molar-refractivity contribution in [1.82, 2.24) is 33.6 Å². The number of carbonyl (C=O) groups is 6. The Morgan fingerprint density at radius 3 is 1.67 bits per heavy atom. The summed E-state index contributed by atoms with van der Waals surface area (Å²) in [7, 11) is 6.82. The van der Waals surface area contributed by atoms with E-state index in [1.807, 2.05) is 0 Å². The summed E-state index contributed by atoms with van der Waals surface area (Å²) in [6.07, 6.45) is 7.56. The average molecular weight is 732 g/mol. The first kappa shape index (κ1) is 38.4. The number of ketones is 6. The zero-order valence-corrected chi connectivity index (χ0v) is 30.9. The quantitative estimate of drug-likeness (QED) is 0.0920. The molecule has 0 saturated carbocycles. The molecular formula is C34H40N7O6Y-. The fraction of sp³-hybridized carbons (Fsp3) is 0.382. The van der Waals surface area contributed by atoms with E-state index in [9.17, 15) is 28.8 Å². The van der Waals surface area contributed by atoms with Gasteiger partial charge >= 0.3 is 0 Å². The first-order chi connectivity index (χ1) is 22.2. The minimum Gasteiger partial charge on any atom is -0.425 e. The summed E-state index contributed by atoms with van der Waals surface area (Å²) in [5.74, 6) is -0.624. The Balaban J connectivity index is 0.00000625. The Kier molecular flexibility index (Phi) is 13.5. The molecule has 0 spiro atoms. The molecule has 0 unspecified atom stereocenters. The van der Waals surface area contributed by atoms with Crippen LogP contribution in [-0.4, -0.2) is 76.0 Å². The molecule has 4 aromatic rings. The van der Waals surface area contributed by atoms with Crippen molar-refractivity contribution >= 4 is 34.7 Å². The fourth-order valence-corrected chi connectivity index (χ4v) is 5.45. The van der Waals surface area contributed by atoms with Gasteiger partial charge in [-0.3, -0.25) is 24.0 Å². The standard InChI is InChI=1S/C34H40N7O6.Y/c1-21(42)7-9-35-10-8-27(44)15-25-19-40(5)34(36-25)32(47)16-26-20-41(6)33(37-26)31(46)14-24-12-29(39(4)18-24)30(45)13-23-11-28(22(2)43)38(3)17-23;/h11-12,17-20,35H,2,7-10,13-16H2,1,3-6H3;/q-1;. The topological polar surface area (TPSA) is 160 Å².